The highest BCUT2D eigenvalue weighted by Crippen LogP contribution is 2.24. The van der Waals surface area contributed by atoms with E-state index in [2.05, 4.69) is 16.9 Å². The average Bonchev–Trinajstić information content (AvgIpc) is 2.40. The molecular weight excluding hydrogens is 246 g/mol. The van der Waals surface area contributed by atoms with Crippen LogP contribution in [0.4, 0.5) is 0 Å². The molecule has 0 aliphatic carbocycles. The number of benzene rings is 1. The summed E-state index contributed by atoms with van der Waals surface area (Å²) in [6, 6.07) is 7.72. The van der Waals surface area contributed by atoms with E-state index in [9.17, 15) is 0 Å². The van der Waals surface area contributed by atoms with Gasteiger partial charge in [0.25, 0.3) is 0 Å². The summed E-state index contributed by atoms with van der Waals surface area (Å²) in [7, 11) is 0. The van der Waals surface area contributed by atoms with E-state index in [1.165, 1.54) is 0 Å². The van der Waals surface area contributed by atoms with E-state index in [4.69, 9.17) is 17.3 Å². The van der Waals surface area contributed by atoms with Gasteiger partial charge in [-0.15, -0.1) is 0 Å². The standard InChI is InChI=1S/C14H16ClN3/c1-2-11(16)7-10-8-17-14(18-9-10)12-5-3-4-6-13(12)15/h3-6,8-9,11H,2,7,16H2,1H3. The van der Waals surface area contributed by atoms with Crippen molar-refractivity contribution in [2.75, 3.05) is 0 Å². The molecule has 0 fully saturated rings. The minimum absolute atomic E-state index is 0.166. The molecule has 0 aliphatic heterocycles. The lowest BCUT2D eigenvalue weighted by atomic mass is 10.1. The van der Waals surface area contributed by atoms with Gasteiger partial charge < -0.3 is 5.73 Å². The fourth-order valence-electron chi connectivity index (χ4n) is 1.69. The lowest BCUT2D eigenvalue weighted by Gasteiger charge is -2.08. The number of nitrogens with zero attached hydrogens (tertiary/aromatic N) is 2. The molecule has 0 saturated heterocycles. The Kier molecular flexibility index (Phi) is 4.28. The first-order valence-electron chi connectivity index (χ1n) is 6.02. The van der Waals surface area contributed by atoms with Crippen molar-refractivity contribution in [1.82, 2.24) is 9.97 Å². The highest BCUT2D eigenvalue weighted by Gasteiger charge is 2.07. The van der Waals surface area contributed by atoms with Crippen LogP contribution in [0.15, 0.2) is 36.7 Å². The number of rotatable bonds is 4. The van der Waals surface area contributed by atoms with Crippen LogP contribution in [0.1, 0.15) is 18.9 Å². The Morgan fingerprint density at radius 1 is 1.22 bits per heavy atom. The van der Waals surface area contributed by atoms with Gasteiger partial charge in [0.1, 0.15) is 0 Å². The van der Waals surface area contributed by atoms with Crippen molar-refractivity contribution in [2.45, 2.75) is 25.8 Å². The molecule has 3 nitrogen and oxygen atoms in total. The highest BCUT2D eigenvalue weighted by molar-refractivity contribution is 6.33. The number of hydrogen-bond acceptors (Lipinski definition) is 3. The summed E-state index contributed by atoms with van der Waals surface area (Å²) < 4.78 is 0. The summed E-state index contributed by atoms with van der Waals surface area (Å²) in [5.41, 5.74) is 7.81. The van der Waals surface area contributed by atoms with Crippen molar-refractivity contribution in [3.05, 3.63) is 47.2 Å². The average molecular weight is 262 g/mol. The van der Waals surface area contributed by atoms with Gasteiger partial charge in [0.15, 0.2) is 5.82 Å². The van der Waals surface area contributed by atoms with Crippen LogP contribution in [0.5, 0.6) is 0 Å². The van der Waals surface area contributed by atoms with Gasteiger partial charge in [-0.2, -0.15) is 0 Å². The Morgan fingerprint density at radius 2 is 1.89 bits per heavy atom. The SMILES string of the molecule is CCC(N)Cc1cnc(-c2ccccc2Cl)nc1. The van der Waals surface area contributed by atoms with Gasteiger partial charge >= 0.3 is 0 Å². The minimum atomic E-state index is 0.166. The second kappa shape index (κ2) is 5.94. The molecular formula is C14H16ClN3. The topological polar surface area (TPSA) is 51.8 Å². The minimum Gasteiger partial charge on any atom is -0.327 e. The maximum absolute atomic E-state index is 6.11. The fourth-order valence-corrected chi connectivity index (χ4v) is 1.91. The summed E-state index contributed by atoms with van der Waals surface area (Å²) in [5.74, 6) is 0.648. The first-order chi connectivity index (χ1) is 8.70. The predicted molar refractivity (Wildman–Crippen MR) is 74.4 cm³/mol. The number of hydrogen-bond donors (Lipinski definition) is 1. The molecule has 1 heterocycles. The van der Waals surface area contributed by atoms with E-state index in [0.29, 0.717) is 10.8 Å². The van der Waals surface area contributed by atoms with Gasteiger partial charge in [0.05, 0.1) is 5.02 Å². The smallest absolute Gasteiger partial charge is 0.160 e. The third kappa shape index (κ3) is 3.06. The van der Waals surface area contributed by atoms with Crippen molar-refractivity contribution < 1.29 is 0 Å². The van der Waals surface area contributed by atoms with E-state index in [0.717, 1.165) is 24.0 Å². The summed E-state index contributed by atoms with van der Waals surface area (Å²) in [5, 5.41) is 0.663. The Bertz CT molecular complexity index is 511. The summed E-state index contributed by atoms with van der Waals surface area (Å²) in [6.07, 6.45) is 5.40. The second-order valence-corrected chi connectivity index (χ2v) is 4.67. The molecule has 94 valence electrons. The molecule has 1 atom stereocenters. The summed E-state index contributed by atoms with van der Waals surface area (Å²) in [4.78, 5) is 8.69. The van der Waals surface area contributed by atoms with E-state index in [-0.39, 0.29) is 6.04 Å². The van der Waals surface area contributed by atoms with Crippen molar-refractivity contribution >= 4 is 11.6 Å². The molecule has 2 aromatic rings. The molecule has 2 rings (SSSR count). The van der Waals surface area contributed by atoms with Crippen LogP contribution in [-0.2, 0) is 6.42 Å². The zero-order chi connectivity index (χ0) is 13.0. The second-order valence-electron chi connectivity index (χ2n) is 4.27. The van der Waals surface area contributed by atoms with E-state index >= 15 is 0 Å². The molecule has 0 spiro atoms. The quantitative estimate of drug-likeness (QED) is 0.920. The van der Waals surface area contributed by atoms with Gasteiger partial charge in [0, 0.05) is 24.0 Å². The van der Waals surface area contributed by atoms with E-state index in [1.807, 2.05) is 36.7 Å². The van der Waals surface area contributed by atoms with Crippen molar-refractivity contribution in [3.8, 4) is 11.4 Å². The fraction of sp³-hybridized carbons (Fsp3) is 0.286. The molecule has 0 bridgehead atoms. The monoisotopic (exact) mass is 261 g/mol. The lowest BCUT2D eigenvalue weighted by Crippen LogP contribution is -2.21. The summed E-state index contributed by atoms with van der Waals surface area (Å²) in [6.45, 7) is 2.07. The molecule has 1 unspecified atom stereocenters. The maximum Gasteiger partial charge on any atom is 0.160 e. The molecule has 18 heavy (non-hydrogen) atoms. The third-order valence-corrected chi connectivity index (χ3v) is 3.17. The maximum atomic E-state index is 6.11. The van der Waals surface area contributed by atoms with Crippen LogP contribution in [0.25, 0.3) is 11.4 Å². The normalized spacial score (nSPS) is 12.4. The molecule has 0 saturated carbocycles. The van der Waals surface area contributed by atoms with Crippen LogP contribution in [0.3, 0.4) is 0 Å². The van der Waals surface area contributed by atoms with Gasteiger partial charge in [-0.3, -0.25) is 0 Å². The van der Waals surface area contributed by atoms with Crippen LogP contribution >= 0.6 is 11.6 Å². The molecule has 1 aromatic heterocycles. The van der Waals surface area contributed by atoms with E-state index < -0.39 is 0 Å². The summed E-state index contributed by atoms with van der Waals surface area (Å²) >= 11 is 6.11. The van der Waals surface area contributed by atoms with Crippen LogP contribution < -0.4 is 5.73 Å². The van der Waals surface area contributed by atoms with Crippen LogP contribution in [0.2, 0.25) is 5.02 Å². The Balaban J connectivity index is 2.20. The first-order valence-corrected chi connectivity index (χ1v) is 6.40. The molecule has 2 N–H and O–H groups in total. The van der Waals surface area contributed by atoms with E-state index in [1.54, 1.807) is 0 Å². The molecule has 0 amide bonds. The van der Waals surface area contributed by atoms with Gasteiger partial charge in [-0.05, 0) is 30.5 Å². The first kappa shape index (κ1) is 13.0. The molecule has 0 radical (unpaired) electrons. The van der Waals surface area contributed by atoms with Crippen molar-refractivity contribution in [3.63, 3.8) is 0 Å². The van der Waals surface area contributed by atoms with Gasteiger partial charge in [-0.1, -0.05) is 30.7 Å². The Morgan fingerprint density at radius 3 is 2.50 bits per heavy atom. The van der Waals surface area contributed by atoms with Crippen molar-refractivity contribution in [1.29, 1.82) is 0 Å². The van der Waals surface area contributed by atoms with Crippen LogP contribution in [0, 0.1) is 0 Å². The zero-order valence-corrected chi connectivity index (χ0v) is 11.1. The molecule has 1 aromatic carbocycles. The number of nitrogens with two attached hydrogens (primary N) is 1. The van der Waals surface area contributed by atoms with Gasteiger partial charge in [0.2, 0.25) is 0 Å². The zero-order valence-electron chi connectivity index (χ0n) is 10.3. The lowest BCUT2D eigenvalue weighted by molar-refractivity contribution is 0.643. The number of aromatic nitrogens is 2. The number of halogens is 1. The van der Waals surface area contributed by atoms with Crippen molar-refractivity contribution in [2.24, 2.45) is 5.73 Å². The predicted octanol–water partition coefficient (Wildman–Crippen LogP) is 3.08. The molecule has 4 heteroatoms. The third-order valence-electron chi connectivity index (χ3n) is 2.84. The Labute approximate surface area is 112 Å². The Hall–Kier alpha value is -1.45. The highest BCUT2D eigenvalue weighted by atomic mass is 35.5. The molecule has 0 aliphatic rings. The van der Waals surface area contributed by atoms with Gasteiger partial charge in [-0.25, -0.2) is 9.97 Å². The largest absolute Gasteiger partial charge is 0.327 e. The van der Waals surface area contributed by atoms with Crippen LogP contribution in [-0.4, -0.2) is 16.0 Å².